The zero-order valence-electron chi connectivity index (χ0n) is 16.8. The second-order valence-electron chi connectivity index (χ2n) is 8.59. The number of nitrogens with two attached hydrogens (primary N) is 1. The summed E-state index contributed by atoms with van der Waals surface area (Å²) in [4.78, 5) is 48.4. The number of pyridine rings is 1. The van der Waals surface area contributed by atoms with Gasteiger partial charge in [0.15, 0.2) is 5.78 Å². The van der Waals surface area contributed by atoms with E-state index in [9.17, 15) is 14.4 Å². The standard InChI is InChI=1S/C21H18ClN5O3S2/c22-11-4-12(20(30)27-16(11)13(28)5-21(27)6-31-7-21)26-18-15-10-2-1-9(17(23)29)3-14(10)32-19(15)25-8-24-18/h4,8-9H,1-3,5-7H2,(H2,23,29)(H,24,25,26)/t9-/m0/s1. The SMILES string of the molecule is NC(=O)[C@H]1CCc2c(sc3ncnc(Nc4cc(Cl)c5n(c4=O)C4(CSC4)CC5=O)c23)C1. The Kier molecular flexibility index (Phi) is 4.44. The zero-order valence-corrected chi connectivity index (χ0v) is 19.2. The maximum Gasteiger partial charge on any atom is 0.275 e. The van der Waals surface area contributed by atoms with Gasteiger partial charge < -0.3 is 11.1 Å². The van der Waals surface area contributed by atoms with Gasteiger partial charge in [-0.25, -0.2) is 9.97 Å². The highest BCUT2D eigenvalue weighted by Crippen LogP contribution is 2.46. The number of nitrogens with zero attached hydrogens (tertiary/aromatic N) is 3. The lowest BCUT2D eigenvalue weighted by atomic mass is 9.87. The van der Waals surface area contributed by atoms with Crippen molar-refractivity contribution in [3.63, 3.8) is 0 Å². The first kappa shape index (κ1) is 20.2. The molecular weight excluding hydrogens is 470 g/mol. The summed E-state index contributed by atoms with van der Waals surface area (Å²) in [6.07, 6.45) is 3.75. The summed E-state index contributed by atoms with van der Waals surface area (Å²) in [5.74, 6) is 1.44. The predicted molar refractivity (Wildman–Crippen MR) is 125 cm³/mol. The van der Waals surface area contributed by atoms with Crippen LogP contribution in [0.4, 0.5) is 11.5 Å². The van der Waals surface area contributed by atoms with Crippen LogP contribution >= 0.6 is 34.7 Å². The molecule has 1 fully saturated rings. The fraction of sp³-hybridized carbons (Fsp3) is 0.381. The fourth-order valence-electron chi connectivity index (χ4n) is 4.99. The molecule has 0 bridgehead atoms. The van der Waals surface area contributed by atoms with E-state index in [-0.39, 0.29) is 33.9 Å². The van der Waals surface area contributed by atoms with Crippen molar-refractivity contribution in [1.82, 2.24) is 14.5 Å². The van der Waals surface area contributed by atoms with Crippen molar-refractivity contribution in [2.45, 2.75) is 31.2 Å². The number of rotatable bonds is 3. The van der Waals surface area contributed by atoms with E-state index in [1.54, 1.807) is 16.3 Å². The Labute approximate surface area is 195 Å². The molecule has 0 saturated carbocycles. The zero-order chi connectivity index (χ0) is 22.2. The van der Waals surface area contributed by atoms with Crippen molar-refractivity contribution >= 4 is 68.1 Å². The minimum absolute atomic E-state index is 0.0840. The number of halogens is 1. The van der Waals surface area contributed by atoms with Gasteiger partial charge in [0.25, 0.3) is 5.56 Å². The van der Waals surface area contributed by atoms with Crippen LogP contribution in [0, 0.1) is 5.92 Å². The third kappa shape index (κ3) is 2.79. The van der Waals surface area contributed by atoms with Gasteiger partial charge in [-0.1, -0.05) is 11.6 Å². The van der Waals surface area contributed by atoms with Crippen LogP contribution in [0.5, 0.6) is 0 Å². The van der Waals surface area contributed by atoms with E-state index in [1.165, 1.54) is 23.7 Å². The number of ketones is 1. The molecule has 3 aromatic rings. The summed E-state index contributed by atoms with van der Waals surface area (Å²) in [5, 5.41) is 4.32. The summed E-state index contributed by atoms with van der Waals surface area (Å²) in [6, 6.07) is 1.52. The number of Topliss-reactive ketones (excluding diaryl/α,β-unsaturated/α-hetero) is 1. The molecule has 8 nitrogen and oxygen atoms in total. The van der Waals surface area contributed by atoms with Gasteiger partial charge in [0.1, 0.15) is 28.4 Å². The number of carbonyl (C=O) groups excluding carboxylic acids is 2. The highest BCUT2D eigenvalue weighted by molar-refractivity contribution is 8.00. The second-order valence-corrected chi connectivity index (χ2v) is 11.1. The van der Waals surface area contributed by atoms with E-state index in [4.69, 9.17) is 17.3 Å². The van der Waals surface area contributed by atoms with Crippen molar-refractivity contribution in [3.8, 4) is 0 Å². The lowest BCUT2D eigenvalue weighted by molar-refractivity contribution is -0.122. The summed E-state index contributed by atoms with van der Waals surface area (Å²) >= 11 is 9.72. The van der Waals surface area contributed by atoms with Crippen LogP contribution in [0.2, 0.25) is 5.02 Å². The summed E-state index contributed by atoms with van der Waals surface area (Å²) < 4.78 is 1.59. The first-order valence-corrected chi connectivity index (χ1v) is 12.6. The Morgan fingerprint density at radius 2 is 2.12 bits per heavy atom. The minimum Gasteiger partial charge on any atom is -0.369 e. The van der Waals surface area contributed by atoms with Crippen LogP contribution in [0.1, 0.15) is 33.8 Å². The Bertz CT molecular complexity index is 1390. The molecule has 5 heterocycles. The van der Waals surface area contributed by atoms with Gasteiger partial charge in [-0.3, -0.25) is 19.0 Å². The van der Waals surface area contributed by atoms with Crippen LogP contribution in [-0.2, 0) is 23.2 Å². The molecule has 1 spiro atoms. The number of nitrogens with one attached hydrogen (secondary N) is 1. The fourth-order valence-corrected chi connectivity index (χ4v) is 7.70. The molecule has 6 rings (SSSR count). The number of carbonyl (C=O) groups is 2. The van der Waals surface area contributed by atoms with Crippen molar-refractivity contribution in [2.24, 2.45) is 11.7 Å². The molecule has 0 radical (unpaired) electrons. The number of primary amides is 1. The summed E-state index contributed by atoms with van der Waals surface area (Å²) in [5.41, 5.74) is 6.48. The van der Waals surface area contributed by atoms with E-state index in [1.807, 2.05) is 0 Å². The van der Waals surface area contributed by atoms with E-state index >= 15 is 0 Å². The van der Waals surface area contributed by atoms with Crippen LogP contribution in [0.25, 0.3) is 10.2 Å². The van der Waals surface area contributed by atoms with Gasteiger partial charge in [0, 0.05) is 28.7 Å². The first-order valence-electron chi connectivity index (χ1n) is 10.3. The quantitative estimate of drug-likeness (QED) is 0.582. The number of aryl methyl sites for hydroxylation is 1. The van der Waals surface area contributed by atoms with Crippen molar-refractivity contribution in [1.29, 1.82) is 0 Å². The molecule has 3 aliphatic rings. The number of aromatic nitrogens is 3. The normalized spacial score (nSPS) is 20.8. The third-order valence-electron chi connectivity index (χ3n) is 6.62. The van der Waals surface area contributed by atoms with Crippen LogP contribution in [-0.4, -0.2) is 37.7 Å². The van der Waals surface area contributed by atoms with E-state index in [0.717, 1.165) is 32.2 Å². The lowest BCUT2D eigenvalue weighted by Crippen LogP contribution is -2.48. The van der Waals surface area contributed by atoms with Gasteiger partial charge in [0.05, 0.1) is 15.9 Å². The molecule has 2 aliphatic heterocycles. The maximum atomic E-state index is 13.4. The van der Waals surface area contributed by atoms with Crippen molar-refractivity contribution in [2.75, 3.05) is 16.8 Å². The molecular formula is C21H18ClN5O3S2. The van der Waals surface area contributed by atoms with Crippen molar-refractivity contribution in [3.05, 3.63) is 43.9 Å². The number of hydrogen-bond donors (Lipinski definition) is 2. The molecule has 1 saturated heterocycles. The molecule has 3 aromatic heterocycles. The number of thiophene rings is 1. The number of amides is 1. The van der Waals surface area contributed by atoms with Gasteiger partial charge >= 0.3 is 0 Å². The molecule has 1 amide bonds. The smallest absolute Gasteiger partial charge is 0.275 e. The van der Waals surface area contributed by atoms with E-state index < -0.39 is 5.54 Å². The van der Waals surface area contributed by atoms with Crippen LogP contribution in [0.3, 0.4) is 0 Å². The van der Waals surface area contributed by atoms with Gasteiger partial charge in [0.2, 0.25) is 5.91 Å². The molecule has 1 aliphatic carbocycles. The highest BCUT2D eigenvalue weighted by atomic mass is 35.5. The molecule has 164 valence electrons. The number of anilines is 2. The Hall–Kier alpha value is -2.43. The molecule has 0 aromatic carbocycles. The van der Waals surface area contributed by atoms with Gasteiger partial charge in [-0.15, -0.1) is 11.3 Å². The third-order valence-corrected chi connectivity index (χ3v) is 9.56. The van der Waals surface area contributed by atoms with Crippen LogP contribution in [0.15, 0.2) is 17.2 Å². The molecule has 0 unspecified atom stereocenters. The number of hydrogen-bond acceptors (Lipinski definition) is 8. The molecule has 32 heavy (non-hydrogen) atoms. The lowest BCUT2D eigenvalue weighted by Gasteiger charge is -2.38. The van der Waals surface area contributed by atoms with E-state index in [0.29, 0.717) is 37.2 Å². The molecule has 1 atom stereocenters. The largest absolute Gasteiger partial charge is 0.369 e. The topological polar surface area (TPSA) is 120 Å². The van der Waals surface area contributed by atoms with Crippen LogP contribution < -0.4 is 16.6 Å². The predicted octanol–water partition coefficient (Wildman–Crippen LogP) is 2.87. The number of fused-ring (bicyclic) bond motifs is 5. The number of thioether (sulfide) groups is 1. The maximum absolute atomic E-state index is 13.4. The molecule has 3 N–H and O–H groups in total. The monoisotopic (exact) mass is 487 g/mol. The minimum atomic E-state index is -0.470. The first-order chi connectivity index (χ1) is 15.4. The summed E-state index contributed by atoms with van der Waals surface area (Å²) in [7, 11) is 0. The van der Waals surface area contributed by atoms with Gasteiger partial charge in [-0.2, -0.15) is 11.8 Å². The highest BCUT2D eigenvalue weighted by Gasteiger charge is 2.50. The van der Waals surface area contributed by atoms with E-state index in [2.05, 4.69) is 15.3 Å². The Morgan fingerprint density at radius 3 is 2.84 bits per heavy atom. The average molecular weight is 488 g/mol. The second kappa shape index (κ2) is 7.03. The Balaban J connectivity index is 1.46. The Morgan fingerprint density at radius 1 is 1.31 bits per heavy atom. The van der Waals surface area contributed by atoms with Gasteiger partial charge in [-0.05, 0) is 30.9 Å². The molecule has 11 heteroatoms. The van der Waals surface area contributed by atoms with Crippen molar-refractivity contribution < 1.29 is 9.59 Å². The summed E-state index contributed by atoms with van der Waals surface area (Å²) in [6.45, 7) is 0. The average Bonchev–Trinajstić information content (AvgIpc) is 3.27.